The Kier molecular flexibility index (Phi) is 5.80. The van der Waals surface area contributed by atoms with E-state index in [1.807, 2.05) is 6.07 Å². The zero-order chi connectivity index (χ0) is 21.9. The van der Waals surface area contributed by atoms with Crippen molar-refractivity contribution in [3.8, 4) is 17.3 Å². The van der Waals surface area contributed by atoms with Crippen LogP contribution in [0.4, 0.5) is 26.3 Å². The number of rotatable bonds is 5. The average molecular weight is 426 g/mol. The number of nitriles is 1. The first kappa shape index (κ1) is 21.3. The molecule has 0 radical (unpaired) electrons. The Morgan fingerprint density at radius 2 is 1.50 bits per heavy atom. The summed E-state index contributed by atoms with van der Waals surface area (Å²) < 4.78 is 82.8. The third-order valence-corrected chi connectivity index (χ3v) is 4.04. The van der Waals surface area contributed by atoms with Crippen LogP contribution in [-0.4, -0.2) is 15.4 Å². The van der Waals surface area contributed by atoms with Crippen LogP contribution in [0.1, 0.15) is 27.9 Å². The molecule has 0 saturated carbocycles. The first-order valence-electron chi connectivity index (χ1n) is 8.34. The number of nitrogens with one attached hydrogen (secondary N) is 1. The lowest BCUT2D eigenvalue weighted by Gasteiger charge is -2.14. The van der Waals surface area contributed by atoms with E-state index in [4.69, 9.17) is 10.00 Å². The largest absolute Gasteiger partial charge is 0.416 e. The van der Waals surface area contributed by atoms with Crippen LogP contribution in [0.2, 0.25) is 0 Å². The molecule has 3 rings (SSSR count). The molecule has 156 valence electrons. The van der Waals surface area contributed by atoms with Crippen molar-refractivity contribution < 1.29 is 31.1 Å². The van der Waals surface area contributed by atoms with Gasteiger partial charge in [-0.3, -0.25) is 0 Å². The van der Waals surface area contributed by atoms with Crippen molar-refractivity contribution in [2.24, 2.45) is 0 Å². The van der Waals surface area contributed by atoms with Gasteiger partial charge in [0.1, 0.15) is 11.8 Å². The summed E-state index contributed by atoms with van der Waals surface area (Å²) in [5, 5.41) is 18.9. The van der Waals surface area contributed by atoms with Gasteiger partial charge < -0.3 is 4.74 Å². The van der Waals surface area contributed by atoms with Crippen molar-refractivity contribution in [3.05, 3.63) is 70.4 Å². The lowest BCUT2D eigenvalue weighted by atomic mass is 10.1. The number of alkyl halides is 6. The van der Waals surface area contributed by atoms with Crippen molar-refractivity contribution >= 4 is 0 Å². The minimum atomic E-state index is -4.92. The van der Waals surface area contributed by atoms with Crippen LogP contribution in [0.25, 0.3) is 11.3 Å². The van der Waals surface area contributed by atoms with Crippen molar-refractivity contribution in [2.75, 3.05) is 0 Å². The van der Waals surface area contributed by atoms with Gasteiger partial charge in [-0.1, -0.05) is 18.2 Å². The summed E-state index contributed by atoms with van der Waals surface area (Å²) in [6.07, 6.45) is -9.83. The van der Waals surface area contributed by atoms with Crippen LogP contribution < -0.4 is 0 Å². The van der Waals surface area contributed by atoms with E-state index in [0.29, 0.717) is 29.0 Å². The van der Waals surface area contributed by atoms with Gasteiger partial charge in [0, 0.05) is 5.56 Å². The van der Waals surface area contributed by atoms with Gasteiger partial charge in [-0.25, -0.2) is 0 Å². The van der Waals surface area contributed by atoms with Crippen molar-refractivity contribution in [1.29, 1.82) is 5.26 Å². The molecule has 5 nitrogen and oxygen atoms in total. The van der Waals surface area contributed by atoms with Gasteiger partial charge in [0.05, 0.1) is 24.3 Å². The topological polar surface area (TPSA) is 74.6 Å². The molecule has 1 N–H and O–H groups in total. The van der Waals surface area contributed by atoms with Crippen LogP contribution >= 0.6 is 0 Å². The molecule has 1 aromatic heterocycles. The molecule has 1 heterocycles. The fourth-order valence-corrected chi connectivity index (χ4v) is 2.71. The predicted octanol–water partition coefficient (Wildman–Crippen LogP) is 5.10. The van der Waals surface area contributed by atoms with E-state index < -0.39 is 30.1 Å². The van der Waals surface area contributed by atoms with Gasteiger partial charge in [0.25, 0.3) is 0 Å². The van der Waals surface area contributed by atoms with Crippen LogP contribution in [-0.2, 0) is 30.3 Å². The molecule has 0 amide bonds. The molecule has 2 aromatic carbocycles. The quantitative estimate of drug-likeness (QED) is 0.577. The molecule has 0 aliphatic heterocycles. The Hall–Kier alpha value is -3.39. The van der Waals surface area contributed by atoms with E-state index >= 15 is 0 Å². The summed E-state index contributed by atoms with van der Waals surface area (Å²) in [6, 6.07) is 9.80. The number of H-pyrrole nitrogens is 1. The normalized spacial score (nSPS) is 12.0. The van der Waals surface area contributed by atoms with Crippen molar-refractivity contribution in [2.45, 2.75) is 25.6 Å². The molecule has 3 aromatic rings. The van der Waals surface area contributed by atoms with E-state index in [2.05, 4.69) is 15.4 Å². The molecule has 0 aliphatic rings. The highest BCUT2D eigenvalue weighted by Gasteiger charge is 2.36. The molecule has 0 saturated heterocycles. The van der Waals surface area contributed by atoms with E-state index in [1.54, 1.807) is 24.3 Å². The van der Waals surface area contributed by atoms with E-state index in [1.165, 1.54) is 0 Å². The number of benzene rings is 2. The van der Waals surface area contributed by atoms with E-state index in [0.717, 1.165) is 0 Å². The first-order chi connectivity index (χ1) is 14.1. The van der Waals surface area contributed by atoms with Gasteiger partial charge in [-0.15, -0.1) is 5.10 Å². The fraction of sp³-hybridized carbons (Fsp3) is 0.211. The molecule has 11 heteroatoms. The molecule has 0 aliphatic carbocycles. The summed E-state index contributed by atoms with van der Waals surface area (Å²) in [4.78, 5) is 0. The number of aromatic amines is 1. The molecule has 0 fully saturated rings. The second kappa shape index (κ2) is 8.16. The highest BCUT2D eigenvalue weighted by molar-refractivity contribution is 5.64. The Morgan fingerprint density at radius 1 is 0.867 bits per heavy atom. The van der Waals surface area contributed by atoms with Gasteiger partial charge in [0.15, 0.2) is 5.69 Å². The van der Waals surface area contributed by atoms with Gasteiger partial charge in [-0.05, 0) is 35.4 Å². The maximum atomic E-state index is 12.9. The third kappa shape index (κ3) is 4.96. The summed E-state index contributed by atoms with van der Waals surface area (Å²) in [6.45, 7) is -0.532. The highest BCUT2D eigenvalue weighted by atomic mass is 19.4. The smallest absolute Gasteiger partial charge is 0.372 e. The van der Waals surface area contributed by atoms with Gasteiger partial charge >= 0.3 is 12.4 Å². The monoisotopic (exact) mass is 426 g/mol. The average Bonchev–Trinajstić information content (AvgIpc) is 3.15. The molecule has 0 bridgehead atoms. The standard InChI is InChI=1S/C19H12F6N4O/c20-18(21,22)14-5-12(6-15(7-14)19(23,24)25)10-30-9-11-2-1-3-13(4-11)17-16(8-26)27-29-28-17/h1-7H,9-10H2,(H,27,28,29). The van der Waals surface area contributed by atoms with Gasteiger partial charge in [0.2, 0.25) is 0 Å². The predicted molar refractivity (Wildman–Crippen MR) is 91.5 cm³/mol. The maximum Gasteiger partial charge on any atom is 0.416 e. The van der Waals surface area contributed by atoms with Crippen molar-refractivity contribution in [1.82, 2.24) is 15.4 Å². The second-order valence-electron chi connectivity index (χ2n) is 6.24. The number of hydrogen-bond donors (Lipinski definition) is 1. The lowest BCUT2D eigenvalue weighted by molar-refractivity contribution is -0.143. The summed E-state index contributed by atoms with van der Waals surface area (Å²) >= 11 is 0. The third-order valence-electron chi connectivity index (χ3n) is 4.04. The highest BCUT2D eigenvalue weighted by Crippen LogP contribution is 2.36. The van der Waals surface area contributed by atoms with Gasteiger partial charge in [-0.2, -0.15) is 41.9 Å². The number of hydrogen-bond acceptors (Lipinski definition) is 4. The number of aromatic nitrogens is 3. The number of ether oxygens (including phenoxy) is 1. The molecule has 0 spiro atoms. The van der Waals surface area contributed by atoms with E-state index in [9.17, 15) is 26.3 Å². The van der Waals surface area contributed by atoms with Crippen LogP contribution in [0, 0.1) is 11.3 Å². The molecule has 0 atom stereocenters. The Bertz CT molecular complexity index is 1050. The Morgan fingerprint density at radius 3 is 2.10 bits per heavy atom. The zero-order valence-corrected chi connectivity index (χ0v) is 15.0. The zero-order valence-electron chi connectivity index (χ0n) is 15.0. The van der Waals surface area contributed by atoms with Crippen LogP contribution in [0.15, 0.2) is 42.5 Å². The first-order valence-corrected chi connectivity index (χ1v) is 8.34. The maximum absolute atomic E-state index is 12.9. The molecular formula is C19H12F6N4O. The van der Waals surface area contributed by atoms with Crippen LogP contribution in [0.5, 0.6) is 0 Å². The molecular weight excluding hydrogens is 414 g/mol. The fourth-order valence-electron chi connectivity index (χ4n) is 2.71. The minimum Gasteiger partial charge on any atom is -0.372 e. The molecule has 30 heavy (non-hydrogen) atoms. The molecule has 0 unspecified atom stereocenters. The summed E-state index contributed by atoms with van der Waals surface area (Å²) in [5.74, 6) is 0. The lowest BCUT2D eigenvalue weighted by Crippen LogP contribution is -2.12. The summed E-state index contributed by atoms with van der Waals surface area (Å²) in [5.41, 5.74) is -1.51. The SMILES string of the molecule is N#Cc1n[nH]nc1-c1cccc(COCc2cc(C(F)(F)F)cc(C(F)(F)F)c2)c1. The Labute approximate surface area is 165 Å². The minimum absolute atomic E-state index is 0.0671. The number of nitrogens with zero attached hydrogens (tertiary/aromatic N) is 3. The van der Waals surface area contributed by atoms with Crippen molar-refractivity contribution in [3.63, 3.8) is 0 Å². The Balaban J connectivity index is 1.76. The number of halogens is 6. The van der Waals surface area contributed by atoms with E-state index in [-0.39, 0.29) is 23.9 Å². The summed E-state index contributed by atoms with van der Waals surface area (Å²) in [7, 11) is 0. The van der Waals surface area contributed by atoms with Crippen LogP contribution in [0.3, 0.4) is 0 Å². The second-order valence-corrected chi connectivity index (χ2v) is 6.24.